The summed E-state index contributed by atoms with van der Waals surface area (Å²) < 4.78 is 12.0. The first-order valence-electron chi connectivity index (χ1n) is 6.03. The Hall–Kier alpha value is -1.52. The molecule has 0 saturated heterocycles. The van der Waals surface area contributed by atoms with Crippen LogP contribution in [-0.4, -0.2) is 13.7 Å². The summed E-state index contributed by atoms with van der Waals surface area (Å²) in [4.78, 5) is 0. The first-order valence-corrected chi connectivity index (χ1v) is 6.82. The van der Waals surface area contributed by atoms with Crippen LogP contribution in [0, 0.1) is 0 Å². The van der Waals surface area contributed by atoms with Gasteiger partial charge in [-0.15, -0.1) is 0 Å². The summed E-state index contributed by atoms with van der Waals surface area (Å²) in [5.41, 5.74) is 6.74. The fourth-order valence-electron chi connectivity index (χ4n) is 1.75. The van der Waals surface area contributed by atoms with Crippen LogP contribution in [0.25, 0.3) is 0 Å². The van der Waals surface area contributed by atoms with Crippen LogP contribution in [-0.2, 0) is 6.42 Å². The Kier molecular flexibility index (Phi) is 4.82. The monoisotopic (exact) mass is 321 g/mol. The molecule has 0 saturated carbocycles. The SMILES string of the molecule is COc1cccc(Oc2ccc(CCN)c(Br)c2)c1. The second-order valence-electron chi connectivity index (χ2n) is 4.07. The molecule has 0 aliphatic heterocycles. The Morgan fingerprint density at radius 1 is 1.05 bits per heavy atom. The fourth-order valence-corrected chi connectivity index (χ4v) is 2.31. The van der Waals surface area contributed by atoms with Gasteiger partial charge >= 0.3 is 0 Å². The molecule has 0 atom stereocenters. The number of methoxy groups -OCH3 is 1. The summed E-state index contributed by atoms with van der Waals surface area (Å²) in [5, 5.41) is 0. The molecule has 2 aromatic rings. The number of hydrogen-bond donors (Lipinski definition) is 1. The number of nitrogens with two attached hydrogens (primary N) is 1. The van der Waals surface area contributed by atoms with E-state index < -0.39 is 0 Å². The maximum Gasteiger partial charge on any atom is 0.131 e. The fraction of sp³-hybridized carbons (Fsp3) is 0.200. The van der Waals surface area contributed by atoms with Gasteiger partial charge in [0, 0.05) is 10.5 Å². The van der Waals surface area contributed by atoms with Gasteiger partial charge < -0.3 is 15.2 Å². The predicted molar refractivity (Wildman–Crippen MR) is 80.0 cm³/mol. The molecule has 0 aliphatic rings. The van der Waals surface area contributed by atoms with Crippen LogP contribution in [0.4, 0.5) is 0 Å². The van der Waals surface area contributed by atoms with Gasteiger partial charge in [0.25, 0.3) is 0 Å². The highest BCUT2D eigenvalue weighted by Gasteiger charge is 2.03. The zero-order chi connectivity index (χ0) is 13.7. The third-order valence-corrected chi connectivity index (χ3v) is 3.45. The second-order valence-corrected chi connectivity index (χ2v) is 4.93. The van der Waals surface area contributed by atoms with Crippen LogP contribution in [0.2, 0.25) is 0 Å². The van der Waals surface area contributed by atoms with Gasteiger partial charge in [-0.05, 0) is 42.8 Å². The standard InChI is InChI=1S/C15H16BrNO2/c1-18-12-3-2-4-13(9-12)19-14-6-5-11(7-8-17)15(16)10-14/h2-6,9-10H,7-8,17H2,1H3. The van der Waals surface area contributed by atoms with Crippen molar-refractivity contribution in [1.82, 2.24) is 0 Å². The largest absolute Gasteiger partial charge is 0.497 e. The van der Waals surface area contributed by atoms with Crippen LogP contribution in [0.15, 0.2) is 46.9 Å². The minimum absolute atomic E-state index is 0.634. The van der Waals surface area contributed by atoms with E-state index in [9.17, 15) is 0 Å². The van der Waals surface area contributed by atoms with Gasteiger partial charge in [0.2, 0.25) is 0 Å². The molecule has 19 heavy (non-hydrogen) atoms. The lowest BCUT2D eigenvalue weighted by atomic mass is 10.1. The molecule has 0 radical (unpaired) electrons. The summed E-state index contributed by atoms with van der Waals surface area (Å²) >= 11 is 3.53. The van der Waals surface area contributed by atoms with Crippen LogP contribution < -0.4 is 15.2 Å². The second kappa shape index (κ2) is 6.59. The van der Waals surface area contributed by atoms with Crippen LogP contribution in [0.1, 0.15) is 5.56 Å². The van der Waals surface area contributed by atoms with Crippen molar-refractivity contribution in [1.29, 1.82) is 0 Å². The van der Waals surface area contributed by atoms with Crippen molar-refractivity contribution in [2.75, 3.05) is 13.7 Å². The number of ether oxygens (including phenoxy) is 2. The van der Waals surface area contributed by atoms with Gasteiger partial charge in [0.1, 0.15) is 17.2 Å². The van der Waals surface area contributed by atoms with Crippen molar-refractivity contribution in [2.45, 2.75) is 6.42 Å². The van der Waals surface area contributed by atoms with E-state index in [-0.39, 0.29) is 0 Å². The maximum atomic E-state index is 5.79. The summed E-state index contributed by atoms with van der Waals surface area (Å²) in [6.07, 6.45) is 0.847. The van der Waals surface area contributed by atoms with Gasteiger partial charge in [0.05, 0.1) is 7.11 Å². The molecule has 3 nitrogen and oxygen atoms in total. The van der Waals surface area contributed by atoms with Gasteiger partial charge in [-0.25, -0.2) is 0 Å². The molecule has 2 aromatic carbocycles. The van der Waals surface area contributed by atoms with E-state index in [1.807, 2.05) is 42.5 Å². The molecule has 0 unspecified atom stereocenters. The lowest BCUT2D eigenvalue weighted by Gasteiger charge is -2.09. The van der Waals surface area contributed by atoms with E-state index in [1.54, 1.807) is 7.11 Å². The van der Waals surface area contributed by atoms with Crippen molar-refractivity contribution in [3.63, 3.8) is 0 Å². The third-order valence-electron chi connectivity index (χ3n) is 2.72. The Morgan fingerprint density at radius 2 is 1.79 bits per heavy atom. The quantitative estimate of drug-likeness (QED) is 0.912. The zero-order valence-electron chi connectivity index (χ0n) is 10.7. The molecule has 0 aromatic heterocycles. The summed E-state index contributed by atoms with van der Waals surface area (Å²) in [7, 11) is 1.64. The van der Waals surface area contributed by atoms with Gasteiger partial charge in [0.15, 0.2) is 0 Å². The molecule has 0 heterocycles. The highest BCUT2D eigenvalue weighted by Crippen LogP contribution is 2.29. The molecule has 0 bridgehead atoms. The van der Waals surface area contributed by atoms with Crippen LogP contribution in [0.5, 0.6) is 17.2 Å². The molecular weight excluding hydrogens is 306 g/mol. The Bertz CT molecular complexity index is 558. The van der Waals surface area contributed by atoms with E-state index in [1.165, 1.54) is 5.56 Å². The summed E-state index contributed by atoms with van der Waals surface area (Å²) in [5.74, 6) is 2.30. The normalized spacial score (nSPS) is 10.3. The van der Waals surface area contributed by atoms with E-state index in [0.717, 1.165) is 28.1 Å². The van der Waals surface area contributed by atoms with Crippen molar-refractivity contribution in [2.24, 2.45) is 5.73 Å². The molecule has 2 N–H and O–H groups in total. The first kappa shape index (κ1) is 13.9. The molecule has 0 aliphatic carbocycles. The average Bonchev–Trinajstić information content (AvgIpc) is 2.42. The van der Waals surface area contributed by atoms with E-state index in [4.69, 9.17) is 15.2 Å². The Morgan fingerprint density at radius 3 is 2.47 bits per heavy atom. The maximum absolute atomic E-state index is 5.79. The highest BCUT2D eigenvalue weighted by atomic mass is 79.9. The predicted octanol–water partition coefficient (Wildman–Crippen LogP) is 3.75. The molecular formula is C15H16BrNO2. The third kappa shape index (κ3) is 3.72. The molecule has 4 heteroatoms. The van der Waals surface area contributed by atoms with Crippen LogP contribution >= 0.6 is 15.9 Å². The summed E-state index contributed by atoms with van der Waals surface area (Å²) in [6, 6.07) is 13.4. The van der Waals surface area contributed by atoms with Crippen molar-refractivity contribution >= 4 is 15.9 Å². The van der Waals surface area contributed by atoms with E-state index >= 15 is 0 Å². The van der Waals surface area contributed by atoms with Crippen molar-refractivity contribution in [3.05, 3.63) is 52.5 Å². The zero-order valence-corrected chi connectivity index (χ0v) is 12.3. The van der Waals surface area contributed by atoms with Gasteiger partial charge in [-0.1, -0.05) is 28.1 Å². The molecule has 100 valence electrons. The van der Waals surface area contributed by atoms with E-state index in [2.05, 4.69) is 15.9 Å². The smallest absolute Gasteiger partial charge is 0.131 e. The van der Waals surface area contributed by atoms with E-state index in [0.29, 0.717) is 6.54 Å². The highest BCUT2D eigenvalue weighted by molar-refractivity contribution is 9.10. The number of benzene rings is 2. The van der Waals surface area contributed by atoms with Crippen molar-refractivity contribution < 1.29 is 9.47 Å². The minimum atomic E-state index is 0.634. The lowest BCUT2D eigenvalue weighted by Crippen LogP contribution is -2.03. The molecule has 0 spiro atoms. The van der Waals surface area contributed by atoms with Gasteiger partial charge in [-0.3, -0.25) is 0 Å². The molecule has 0 fully saturated rings. The van der Waals surface area contributed by atoms with Crippen molar-refractivity contribution in [3.8, 4) is 17.2 Å². The number of hydrogen-bond acceptors (Lipinski definition) is 3. The topological polar surface area (TPSA) is 44.5 Å². The molecule has 2 rings (SSSR count). The Labute approximate surface area is 121 Å². The Balaban J connectivity index is 2.16. The summed E-state index contributed by atoms with van der Waals surface area (Å²) in [6.45, 7) is 0.634. The van der Waals surface area contributed by atoms with Gasteiger partial charge in [-0.2, -0.15) is 0 Å². The minimum Gasteiger partial charge on any atom is -0.497 e. The average molecular weight is 322 g/mol. The number of rotatable bonds is 5. The first-order chi connectivity index (χ1) is 9.22. The number of halogens is 1. The van der Waals surface area contributed by atoms with Crippen LogP contribution in [0.3, 0.4) is 0 Å². The lowest BCUT2D eigenvalue weighted by molar-refractivity contribution is 0.409. The molecule has 0 amide bonds.